The highest BCUT2D eigenvalue weighted by Gasteiger charge is 2.53. The standard InChI is InChI=1S/C62H117NO18/c1-3-5-7-9-11-13-15-17-19-21-22-24-26-28-30-32-34-36-38-40-50(68)63-45(46(67)39-37-35-33-31-29-27-25-23-20-18-16-14-12-10-8-6-4-2)44-76-60-56(74)53(71)58(48(42-65)78-60)81-62-57(75)54(72)59(49(43-66)79-62)80-61-55(73)52(70)51(69)47(41-64)77-61/h17,19,45-49,51-62,64-67,69-75H,3-16,18,20-44H2,1-2H3,(H,63,68)/b19-17-. The first-order chi connectivity index (χ1) is 39.3. The van der Waals surface area contributed by atoms with E-state index in [1.807, 2.05) is 0 Å². The number of aliphatic hydroxyl groups is 11. The van der Waals surface area contributed by atoms with Gasteiger partial charge in [0.1, 0.15) is 73.2 Å². The molecule has 0 aromatic carbocycles. The van der Waals surface area contributed by atoms with Crippen LogP contribution in [0.5, 0.6) is 0 Å². The van der Waals surface area contributed by atoms with Gasteiger partial charge in [-0.2, -0.15) is 0 Å². The number of hydrogen-bond donors (Lipinski definition) is 12. The van der Waals surface area contributed by atoms with E-state index in [4.69, 9.17) is 28.4 Å². The zero-order chi connectivity index (χ0) is 59.0. The molecule has 3 aliphatic heterocycles. The summed E-state index contributed by atoms with van der Waals surface area (Å²) in [6.45, 7) is 1.81. The van der Waals surface area contributed by atoms with Crippen molar-refractivity contribution in [2.45, 2.75) is 349 Å². The average molecular weight is 1160 g/mol. The zero-order valence-electron chi connectivity index (χ0n) is 50.0. The lowest BCUT2D eigenvalue weighted by molar-refractivity contribution is -0.379. The molecule has 0 aromatic rings. The number of aliphatic hydroxyl groups excluding tert-OH is 11. The summed E-state index contributed by atoms with van der Waals surface area (Å²) in [6, 6.07) is -0.885. The summed E-state index contributed by atoms with van der Waals surface area (Å²) in [7, 11) is 0. The van der Waals surface area contributed by atoms with E-state index in [1.54, 1.807) is 0 Å². The maximum absolute atomic E-state index is 13.4. The van der Waals surface area contributed by atoms with Crippen LogP contribution in [0.1, 0.15) is 245 Å². The minimum Gasteiger partial charge on any atom is -0.394 e. The molecule has 3 rings (SSSR count). The van der Waals surface area contributed by atoms with Crippen molar-refractivity contribution in [3.8, 4) is 0 Å². The number of carbonyl (C=O) groups is 1. The smallest absolute Gasteiger partial charge is 0.220 e. The van der Waals surface area contributed by atoms with Gasteiger partial charge in [-0.1, -0.05) is 212 Å². The van der Waals surface area contributed by atoms with Crippen molar-refractivity contribution >= 4 is 5.91 Å². The quantitative estimate of drug-likeness (QED) is 0.0217. The molecule has 0 spiro atoms. The van der Waals surface area contributed by atoms with Crippen molar-refractivity contribution in [3.63, 3.8) is 0 Å². The van der Waals surface area contributed by atoms with Gasteiger partial charge < -0.3 is 89.9 Å². The molecule has 81 heavy (non-hydrogen) atoms. The number of carbonyl (C=O) groups excluding carboxylic acids is 1. The first kappa shape index (κ1) is 73.8. The van der Waals surface area contributed by atoms with Crippen LogP contribution in [0.25, 0.3) is 0 Å². The molecule has 3 heterocycles. The van der Waals surface area contributed by atoms with Gasteiger partial charge in [0, 0.05) is 6.42 Å². The molecule has 478 valence electrons. The molecule has 0 aliphatic carbocycles. The van der Waals surface area contributed by atoms with Crippen molar-refractivity contribution in [1.29, 1.82) is 0 Å². The molecule has 19 heteroatoms. The van der Waals surface area contributed by atoms with Crippen LogP contribution in [-0.2, 0) is 33.2 Å². The van der Waals surface area contributed by atoms with Crippen LogP contribution in [-0.4, -0.2) is 193 Å². The first-order valence-corrected chi connectivity index (χ1v) is 32.4. The Kier molecular flexibility index (Phi) is 41.7. The number of allylic oxidation sites excluding steroid dienone is 2. The second-order valence-corrected chi connectivity index (χ2v) is 23.6. The van der Waals surface area contributed by atoms with Crippen molar-refractivity contribution in [1.82, 2.24) is 5.32 Å². The highest BCUT2D eigenvalue weighted by atomic mass is 16.8. The minimum atomic E-state index is -1.97. The van der Waals surface area contributed by atoms with Crippen LogP contribution in [0.3, 0.4) is 0 Å². The van der Waals surface area contributed by atoms with Gasteiger partial charge in [0.25, 0.3) is 0 Å². The molecule has 0 radical (unpaired) electrons. The topological polar surface area (TPSA) is 307 Å². The first-order valence-electron chi connectivity index (χ1n) is 32.4. The molecule has 17 unspecified atom stereocenters. The second-order valence-electron chi connectivity index (χ2n) is 23.6. The molecular weight excluding hydrogens is 1050 g/mol. The highest BCUT2D eigenvalue weighted by molar-refractivity contribution is 5.76. The molecule has 19 nitrogen and oxygen atoms in total. The van der Waals surface area contributed by atoms with Crippen molar-refractivity contribution in [2.24, 2.45) is 0 Å². The van der Waals surface area contributed by atoms with Crippen molar-refractivity contribution < 1.29 is 89.4 Å². The summed E-state index contributed by atoms with van der Waals surface area (Å²) < 4.78 is 34.4. The Labute approximate surface area is 486 Å². The average Bonchev–Trinajstić information content (AvgIpc) is 3.51. The van der Waals surface area contributed by atoms with E-state index in [2.05, 4.69) is 31.3 Å². The van der Waals surface area contributed by atoms with E-state index in [9.17, 15) is 61.0 Å². The lowest BCUT2D eigenvalue weighted by atomic mass is 9.96. The predicted octanol–water partition coefficient (Wildman–Crippen LogP) is 6.94. The zero-order valence-corrected chi connectivity index (χ0v) is 50.0. The molecule has 12 N–H and O–H groups in total. The Hall–Kier alpha value is -1.47. The maximum Gasteiger partial charge on any atom is 0.220 e. The fourth-order valence-corrected chi connectivity index (χ4v) is 11.3. The van der Waals surface area contributed by atoms with Crippen LogP contribution in [0, 0.1) is 0 Å². The molecule has 17 atom stereocenters. The SMILES string of the molecule is CCCCCCCC/C=C\CCCCCCCCCCCC(=O)NC(COC1OC(CO)C(OC2OC(CO)C(OC3OC(CO)C(O)C(O)C3O)C(O)C2O)C(O)C1O)C(O)CCCCCCCCCCCCCCCCCCC. The van der Waals surface area contributed by atoms with E-state index in [0.717, 1.165) is 51.4 Å². The molecule has 3 aliphatic rings. The van der Waals surface area contributed by atoms with Gasteiger partial charge in [0.15, 0.2) is 18.9 Å². The van der Waals surface area contributed by atoms with Gasteiger partial charge in [-0.15, -0.1) is 0 Å². The largest absolute Gasteiger partial charge is 0.394 e. The number of hydrogen-bond acceptors (Lipinski definition) is 18. The van der Waals surface area contributed by atoms with Gasteiger partial charge in [-0.3, -0.25) is 4.79 Å². The van der Waals surface area contributed by atoms with E-state index in [1.165, 1.54) is 161 Å². The lowest BCUT2D eigenvalue weighted by Gasteiger charge is -2.48. The molecule has 0 saturated carbocycles. The van der Waals surface area contributed by atoms with E-state index in [0.29, 0.717) is 12.8 Å². The summed E-state index contributed by atoms with van der Waals surface area (Å²) in [4.78, 5) is 13.4. The predicted molar refractivity (Wildman–Crippen MR) is 310 cm³/mol. The Morgan fingerprint density at radius 1 is 0.432 bits per heavy atom. The fraction of sp³-hybridized carbons (Fsp3) is 0.952. The van der Waals surface area contributed by atoms with Gasteiger partial charge in [0.05, 0.1) is 38.6 Å². The van der Waals surface area contributed by atoms with Crippen molar-refractivity contribution in [2.75, 3.05) is 26.4 Å². The highest BCUT2D eigenvalue weighted by Crippen LogP contribution is 2.33. The monoisotopic (exact) mass is 1160 g/mol. The summed E-state index contributed by atoms with van der Waals surface area (Å²) in [5.74, 6) is -0.242. The third-order valence-electron chi connectivity index (χ3n) is 16.6. The van der Waals surface area contributed by atoms with Gasteiger partial charge in [-0.25, -0.2) is 0 Å². The Bertz CT molecular complexity index is 1530. The van der Waals surface area contributed by atoms with Crippen LogP contribution < -0.4 is 5.32 Å². The van der Waals surface area contributed by atoms with Crippen LogP contribution in [0.4, 0.5) is 0 Å². The lowest BCUT2D eigenvalue weighted by Crippen LogP contribution is -2.66. The molecular formula is C62H117NO18. The third kappa shape index (κ3) is 29.2. The van der Waals surface area contributed by atoms with Crippen LogP contribution in [0.2, 0.25) is 0 Å². The van der Waals surface area contributed by atoms with Crippen LogP contribution in [0.15, 0.2) is 12.2 Å². The second kappa shape index (κ2) is 45.8. The number of unbranched alkanes of at least 4 members (excludes halogenated alkanes) is 31. The number of amides is 1. The number of rotatable bonds is 49. The molecule has 3 fully saturated rings. The Morgan fingerprint density at radius 2 is 0.778 bits per heavy atom. The van der Waals surface area contributed by atoms with E-state index < -0.39 is 124 Å². The molecule has 0 bridgehead atoms. The molecule has 0 aromatic heterocycles. The fourth-order valence-electron chi connectivity index (χ4n) is 11.3. The summed E-state index contributed by atoms with van der Waals surface area (Å²) in [5.41, 5.74) is 0. The molecule has 3 saturated heterocycles. The maximum atomic E-state index is 13.4. The van der Waals surface area contributed by atoms with Gasteiger partial charge in [-0.05, 0) is 38.5 Å². The van der Waals surface area contributed by atoms with Crippen LogP contribution >= 0.6 is 0 Å². The van der Waals surface area contributed by atoms with Gasteiger partial charge in [0.2, 0.25) is 5.91 Å². The van der Waals surface area contributed by atoms with E-state index >= 15 is 0 Å². The minimum absolute atomic E-state index is 0.242. The number of ether oxygens (including phenoxy) is 6. The van der Waals surface area contributed by atoms with Gasteiger partial charge >= 0.3 is 0 Å². The van der Waals surface area contributed by atoms with Crippen molar-refractivity contribution in [3.05, 3.63) is 12.2 Å². The Morgan fingerprint density at radius 3 is 1.20 bits per heavy atom. The summed E-state index contributed by atoms with van der Waals surface area (Å²) >= 11 is 0. The summed E-state index contributed by atoms with van der Waals surface area (Å²) in [6.07, 6.45) is 20.0. The normalized spacial score (nSPS) is 29.8. The number of nitrogens with one attached hydrogen (secondary N) is 1. The van der Waals surface area contributed by atoms with E-state index in [-0.39, 0.29) is 18.9 Å². The Balaban J connectivity index is 1.47. The summed E-state index contributed by atoms with van der Waals surface area (Å²) in [5, 5.41) is 120. The third-order valence-corrected chi connectivity index (χ3v) is 16.6. The molecule has 1 amide bonds.